The molecule has 7 heteroatoms. The van der Waals surface area contributed by atoms with Gasteiger partial charge in [-0.05, 0) is 31.9 Å². The van der Waals surface area contributed by atoms with Crippen LogP contribution in [-0.4, -0.2) is 45.2 Å². The molecule has 0 heterocycles. The van der Waals surface area contributed by atoms with Gasteiger partial charge in [0.2, 0.25) is 5.91 Å². The first-order valence-electron chi connectivity index (χ1n) is 9.24. The van der Waals surface area contributed by atoms with Crippen LogP contribution in [0, 0.1) is 0 Å². The van der Waals surface area contributed by atoms with Crippen molar-refractivity contribution in [3.63, 3.8) is 0 Å². The van der Waals surface area contributed by atoms with Crippen LogP contribution in [0.5, 0.6) is 11.5 Å². The van der Waals surface area contributed by atoms with Gasteiger partial charge >= 0.3 is 0 Å². The molecule has 0 unspecified atom stereocenters. The predicted molar refractivity (Wildman–Crippen MR) is 104 cm³/mol. The third-order valence-corrected chi connectivity index (χ3v) is 4.31. The monoisotopic (exact) mass is 362 g/mol. The summed E-state index contributed by atoms with van der Waals surface area (Å²) in [6.07, 6.45) is 5.05. The highest BCUT2D eigenvalue weighted by Gasteiger charge is 2.16. The van der Waals surface area contributed by atoms with Gasteiger partial charge < -0.3 is 25.4 Å². The van der Waals surface area contributed by atoms with E-state index in [1.807, 2.05) is 25.1 Å². The minimum Gasteiger partial charge on any atom is -0.493 e. The smallest absolute Gasteiger partial charge is 0.221 e. The van der Waals surface area contributed by atoms with E-state index in [0.717, 1.165) is 18.5 Å². The molecule has 1 aromatic rings. The number of hydrogen-bond acceptors (Lipinski definition) is 4. The van der Waals surface area contributed by atoms with Gasteiger partial charge in [0.15, 0.2) is 17.5 Å². The predicted octanol–water partition coefficient (Wildman–Crippen LogP) is 2.53. The van der Waals surface area contributed by atoms with Crippen LogP contribution in [0.4, 0.5) is 5.69 Å². The lowest BCUT2D eigenvalue weighted by Gasteiger charge is -2.15. The normalized spacial score (nSPS) is 14.8. The van der Waals surface area contributed by atoms with E-state index < -0.39 is 0 Å². The Hall–Kier alpha value is -2.44. The van der Waals surface area contributed by atoms with Crippen LogP contribution in [0.15, 0.2) is 23.2 Å². The number of carbonyl (C=O) groups excluding carboxylic acids is 1. The summed E-state index contributed by atoms with van der Waals surface area (Å²) in [6, 6.07) is 5.95. The van der Waals surface area contributed by atoms with Crippen molar-refractivity contribution in [3.8, 4) is 11.5 Å². The number of nitrogens with one attached hydrogen (secondary N) is 3. The molecule has 1 amide bonds. The summed E-state index contributed by atoms with van der Waals surface area (Å²) in [4.78, 5) is 16.2. The number of carbonyl (C=O) groups is 1. The van der Waals surface area contributed by atoms with Gasteiger partial charge in [0, 0.05) is 37.8 Å². The van der Waals surface area contributed by atoms with Crippen LogP contribution >= 0.6 is 0 Å². The number of guanidine groups is 1. The van der Waals surface area contributed by atoms with Crippen molar-refractivity contribution in [1.82, 2.24) is 10.6 Å². The Bertz CT molecular complexity index is 613. The number of hydrogen-bond donors (Lipinski definition) is 3. The van der Waals surface area contributed by atoms with Gasteiger partial charge in [0.05, 0.1) is 13.7 Å². The van der Waals surface area contributed by atoms with Gasteiger partial charge in [-0.2, -0.15) is 0 Å². The molecule has 0 aliphatic heterocycles. The molecule has 3 N–H and O–H groups in total. The zero-order valence-electron chi connectivity index (χ0n) is 15.9. The Balaban J connectivity index is 1.81. The van der Waals surface area contributed by atoms with Gasteiger partial charge in [-0.3, -0.25) is 9.79 Å². The molecule has 1 saturated carbocycles. The average molecular weight is 362 g/mol. The maximum atomic E-state index is 12.0. The quantitative estimate of drug-likeness (QED) is 0.489. The molecule has 0 bridgehead atoms. The van der Waals surface area contributed by atoms with Gasteiger partial charge in [0.1, 0.15) is 0 Å². The number of amides is 1. The molecule has 1 aromatic carbocycles. The van der Waals surface area contributed by atoms with Crippen LogP contribution < -0.4 is 25.4 Å². The summed E-state index contributed by atoms with van der Waals surface area (Å²) in [7, 11) is 3.31. The Morgan fingerprint density at radius 2 is 2.04 bits per heavy atom. The standard InChI is InChI=1S/C19H30N4O3/c1-4-26-17-13-15(9-10-16(17)25-3)23-19(20-2)21-12-11-18(24)22-14-7-5-6-8-14/h9-10,13-14H,4-8,11-12H2,1-3H3,(H,22,24)(H2,20,21,23). The van der Waals surface area contributed by atoms with Crippen molar-refractivity contribution in [3.05, 3.63) is 18.2 Å². The minimum absolute atomic E-state index is 0.0860. The van der Waals surface area contributed by atoms with Gasteiger partial charge in [-0.1, -0.05) is 12.8 Å². The maximum Gasteiger partial charge on any atom is 0.221 e. The van der Waals surface area contributed by atoms with Crippen molar-refractivity contribution in [2.45, 2.75) is 45.1 Å². The highest BCUT2D eigenvalue weighted by molar-refractivity contribution is 5.94. The van der Waals surface area contributed by atoms with E-state index in [0.29, 0.717) is 43.1 Å². The fourth-order valence-corrected chi connectivity index (χ4v) is 3.00. The molecular weight excluding hydrogens is 332 g/mol. The number of methoxy groups -OCH3 is 1. The molecule has 0 atom stereocenters. The molecular formula is C19H30N4O3. The highest BCUT2D eigenvalue weighted by Crippen LogP contribution is 2.30. The lowest BCUT2D eigenvalue weighted by Crippen LogP contribution is -2.37. The molecule has 144 valence electrons. The zero-order valence-corrected chi connectivity index (χ0v) is 15.9. The summed E-state index contributed by atoms with van der Waals surface area (Å²) < 4.78 is 10.9. The Morgan fingerprint density at radius 1 is 1.27 bits per heavy atom. The van der Waals surface area contributed by atoms with Gasteiger partial charge in [-0.15, -0.1) is 0 Å². The van der Waals surface area contributed by atoms with E-state index in [4.69, 9.17) is 9.47 Å². The molecule has 0 radical (unpaired) electrons. The molecule has 0 saturated heterocycles. The first-order valence-corrected chi connectivity index (χ1v) is 9.24. The fraction of sp³-hybridized carbons (Fsp3) is 0.579. The molecule has 0 aromatic heterocycles. The van der Waals surface area contributed by atoms with Crippen LogP contribution in [0.3, 0.4) is 0 Å². The zero-order chi connectivity index (χ0) is 18.8. The Kier molecular flexibility index (Phi) is 8.05. The van der Waals surface area contributed by atoms with E-state index in [1.165, 1.54) is 12.8 Å². The third-order valence-electron chi connectivity index (χ3n) is 4.31. The lowest BCUT2D eigenvalue weighted by atomic mass is 10.2. The molecule has 7 nitrogen and oxygen atoms in total. The highest BCUT2D eigenvalue weighted by atomic mass is 16.5. The van der Waals surface area contributed by atoms with Crippen molar-refractivity contribution >= 4 is 17.6 Å². The molecule has 1 aliphatic carbocycles. The van der Waals surface area contributed by atoms with Crippen LogP contribution in [0.25, 0.3) is 0 Å². The maximum absolute atomic E-state index is 12.0. The SMILES string of the molecule is CCOc1cc(NC(=NC)NCCC(=O)NC2CCCC2)ccc1OC. The number of anilines is 1. The molecule has 0 spiro atoms. The molecule has 2 rings (SSSR count). The first kappa shape index (κ1) is 19.9. The summed E-state index contributed by atoms with van der Waals surface area (Å²) >= 11 is 0. The lowest BCUT2D eigenvalue weighted by molar-refractivity contribution is -0.121. The molecule has 26 heavy (non-hydrogen) atoms. The number of benzene rings is 1. The van der Waals surface area contributed by atoms with Crippen molar-refractivity contribution in [2.24, 2.45) is 4.99 Å². The van der Waals surface area contributed by atoms with E-state index >= 15 is 0 Å². The van der Waals surface area contributed by atoms with Crippen molar-refractivity contribution < 1.29 is 14.3 Å². The molecule has 1 fully saturated rings. The largest absolute Gasteiger partial charge is 0.493 e. The Morgan fingerprint density at radius 3 is 2.69 bits per heavy atom. The number of aliphatic imine (C=N–C) groups is 1. The minimum atomic E-state index is 0.0860. The summed E-state index contributed by atoms with van der Waals surface area (Å²) in [6.45, 7) is 3.01. The number of rotatable bonds is 8. The van der Waals surface area contributed by atoms with Crippen LogP contribution in [0.2, 0.25) is 0 Å². The Labute approximate surface area is 155 Å². The number of ether oxygens (including phenoxy) is 2. The van der Waals surface area contributed by atoms with E-state index in [9.17, 15) is 4.79 Å². The third kappa shape index (κ3) is 6.13. The van der Waals surface area contributed by atoms with E-state index in [2.05, 4.69) is 20.9 Å². The number of nitrogens with zero attached hydrogens (tertiary/aromatic N) is 1. The second-order valence-electron chi connectivity index (χ2n) is 6.22. The first-order chi connectivity index (χ1) is 12.7. The second kappa shape index (κ2) is 10.5. The average Bonchev–Trinajstić information content (AvgIpc) is 3.14. The van der Waals surface area contributed by atoms with Crippen LogP contribution in [0.1, 0.15) is 39.0 Å². The molecule has 1 aliphatic rings. The summed E-state index contributed by atoms with van der Waals surface area (Å²) in [5.41, 5.74) is 0.831. The van der Waals surface area contributed by atoms with Crippen molar-refractivity contribution in [2.75, 3.05) is 32.6 Å². The summed E-state index contributed by atoms with van der Waals surface area (Å²) in [5.74, 6) is 2.05. The van der Waals surface area contributed by atoms with Crippen LogP contribution in [-0.2, 0) is 4.79 Å². The fourth-order valence-electron chi connectivity index (χ4n) is 3.00. The van der Waals surface area contributed by atoms with E-state index in [1.54, 1.807) is 14.2 Å². The van der Waals surface area contributed by atoms with Gasteiger partial charge in [-0.25, -0.2) is 0 Å². The van der Waals surface area contributed by atoms with Crippen molar-refractivity contribution in [1.29, 1.82) is 0 Å². The van der Waals surface area contributed by atoms with E-state index in [-0.39, 0.29) is 5.91 Å². The summed E-state index contributed by atoms with van der Waals surface area (Å²) in [5, 5.41) is 9.44. The van der Waals surface area contributed by atoms with Gasteiger partial charge in [0.25, 0.3) is 0 Å². The topological polar surface area (TPSA) is 84.0 Å². The second-order valence-corrected chi connectivity index (χ2v) is 6.22.